The van der Waals surface area contributed by atoms with E-state index in [0.717, 1.165) is 28.8 Å². The summed E-state index contributed by atoms with van der Waals surface area (Å²) in [6.07, 6.45) is 4.51. The van der Waals surface area contributed by atoms with Gasteiger partial charge >= 0.3 is 0 Å². The van der Waals surface area contributed by atoms with Crippen molar-refractivity contribution >= 4 is 97.7 Å². The first-order valence-corrected chi connectivity index (χ1v) is 55.1. The number of hydroxylamine groups is 4. The number of sulfone groups is 4. The topological polar surface area (TPSA) is 498 Å². The van der Waals surface area contributed by atoms with Crippen LogP contribution in [-0.4, -0.2) is 231 Å². The molecule has 13 rings (SSSR count). The van der Waals surface area contributed by atoms with Crippen molar-refractivity contribution in [3.05, 3.63) is 262 Å². The highest BCUT2D eigenvalue weighted by Gasteiger charge is 2.56. The smallest absolute Gasteiger partial charge is 0.265 e. The molecule has 0 saturated carbocycles. The number of aryl methyl sites for hydroxylation is 1. The molecule has 40 heteroatoms. The van der Waals surface area contributed by atoms with Crippen molar-refractivity contribution in [3.63, 3.8) is 0 Å². The Bertz CT molecular complexity index is 6290. The molecule has 0 aliphatic carbocycles. The van der Waals surface area contributed by atoms with Gasteiger partial charge in [0.05, 0.1) is 66.6 Å². The van der Waals surface area contributed by atoms with E-state index in [2.05, 4.69) is 32.6 Å². The van der Waals surface area contributed by atoms with Crippen LogP contribution in [0.1, 0.15) is 192 Å². The monoisotopic (exact) mass is 2140 g/mol. The first-order chi connectivity index (χ1) is 70.8. The molecule has 0 radical (unpaired) electrons. The zero-order valence-corrected chi connectivity index (χ0v) is 88.2. The molecule has 35 nitrogen and oxygen atoms in total. The summed E-state index contributed by atoms with van der Waals surface area (Å²) in [5.41, 5.74) is 12.0. The highest BCUT2D eigenvalue weighted by Crippen LogP contribution is 2.42. The second-order valence-electron chi connectivity index (χ2n) is 36.8. The number of methoxy groups -OCH3 is 3. The second-order valence-corrected chi connectivity index (χ2v) is 46.2. The minimum Gasteiger partial charge on any atom is -0.497 e. The number of unbranched alkanes of at least 4 members (excludes halogenated alkanes) is 1. The first kappa shape index (κ1) is 118. The summed E-state index contributed by atoms with van der Waals surface area (Å²) in [6.45, 7) is 13.2. The van der Waals surface area contributed by atoms with Crippen LogP contribution in [0.4, 0.5) is 0 Å². The van der Waals surface area contributed by atoms with Gasteiger partial charge in [-0.25, -0.2) is 55.6 Å². The molecule has 800 valence electrons. The molecule has 8 N–H and O–H groups in total. The normalized spacial score (nSPS) is 15.5. The van der Waals surface area contributed by atoms with Crippen molar-refractivity contribution in [3.8, 4) is 34.5 Å². The number of halogens is 1. The molecule has 0 spiro atoms. The Morgan fingerprint density at radius 1 is 0.358 bits per heavy atom. The maximum atomic E-state index is 13.5. The number of amides is 4. The number of carbonyl (C=O) groups excluding carboxylic acids is 8. The molecular formula is C108H132ClN5O30S4. The summed E-state index contributed by atoms with van der Waals surface area (Å²) in [4.78, 5) is 103. The Morgan fingerprint density at radius 2 is 0.669 bits per heavy atom. The third-order valence-electron chi connectivity index (χ3n) is 26.9. The Balaban J connectivity index is 0.000000203. The van der Waals surface area contributed by atoms with Gasteiger partial charge in [0.2, 0.25) is 0 Å². The van der Waals surface area contributed by atoms with Gasteiger partial charge in [-0.15, -0.1) is 0 Å². The minimum absolute atomic E-state index is 0.00176. The van der Waals surface area contributed by atoms with Gasteiger partial charge in [0, 0.05) is 119 Å². The summed E-state index contributed by atoms with van der Waals surface area (Å²) in [5.74, 6) is -0.826. The predicted octanol–water partition coefficient (Wildman–Crippen LogP) is 14.8. The van der Waals surface area contributed by atoms with Crippen molar-refractivity contribution in [2.45, 2.75) is 213 Å². The third kappa shape index (κ3) is 29.6. The van der Waals surface area contributed by atoms with E-state index in [1.807, 2.05) is 91.9 Å². The molecule has 0 bridgehead atoms. The molecule has 4 aliphatic rings. The number of rotatable bonds is 46. The number of benzene rings is 9. The van der Waals surface area contributed by atoms with E-state index in [1.165, 1.54) is 100 Å². The molecule has 4 amide bonds. The fourth-order valence-electron chi connectivity index (χ4n) is 17.9. The van der Waals surface area contributed by atoms with Gasteiger partial charge in [0.25, 0.3) is 23.6 Å². The van der Waals surface area contributed by atoms with Crippen molar-refractivity contribution in [1.82, 2.24) is 26.8 Å². The lowest BCUT2D eigenvalue weighted by Crippen LogP contribution is -2.54. The number of nitrogens with zero attached hydrogens (tertiary/aromatic N) is 1. The quantitative estimate of drug-likeness (QED) is 0.00760. The van der Waals surface area contributed by atoms with Crippen molar-refractivity contribution in [1.29, 1.82) is 0 Å². The van der Waals surface area contributed by atoms with E-state index in [1.54, 1.807) is 82.0 Å². The van der Waals surface area contributed by atoms with Crippen LogP contribution >= 0.6 is 11.6 Å². The SMILES string of the molecule is CC(C)N(Cc1ccc(C(=O)CCCCOc2ccc(S(=O)(=O)C3(C(=O)NO)CCOCC3)cc2)cc1)C(C)C.COc1ccc(C(=O)C(C)CCOc2ccc(S(=O)(=O)C3(C(=O)NO)CCOCC3)cc2)cc1.COc1ccc(C(C(=O)CCCc2ccc(S(=O)(=O)C3(C(=O)NO)CCOCC3)cc2)c2ccc(OC)cc2)cc1.O=C(CCCOc1ccc(S(=O)(=O)C2(C(=O)NO)CCOCC2)cc1)Cc1ccc(Cl)cc1. The molecule has 4 aliphatic heterocycles. The maximum Gasteiger partial charge on any atom is 0.265 e. The molecular weight excluding hydrogens is 2010 g/mol. The minimum atomic E-state index is -4.09. The second kappa shape index (κ2) is 55.5. The van der Waals surface area contributed by atoms with E-state index in [0.29, 0.717) is 140 Å². The van der Waals surface area contributed by atoms with Crippen molar-refractivity contribution in [2.75, 3.05) is 94.0 Å². The van der Waals surface area contributed by atoms with Gasteiger partial charge in [-0.1, -0.05) is 91.3 Å². The lowest BCUT2D eigenvalue weighted by molar-refractivity contribution is -0.135. The molecule has 4 heterocycles. The van der Waals surface area contributed by atoms with E-state index in [9.17, 15) is 82.4 Å². The largest absolute Gasteiger partial charge is 0.497 e. The number of Topliss-reactive ketones (excluding diaryl/α,β-unsaturated/α-hetero) is 4. The highest BCUT2D eigenvalue weighted by molar-refractivity contribution is 7.94. The van der Waals surface area contributed by atoms with Crippen LogP contribution in [0.5, 0.6) is 34.5 Å². The maximum absolute atomic E-state index is 13.5. The van der Waals surface area contributed by atoms with E-state index in [4.69, 9.17) is 69.4 Å². The average molecular weight is 2140 g/mol. The lowest BCUT2D eigenvalue weighted by Gasteiger charge is -2.34. The van der Waals surface area contributed by atoms with Crippen LogP contribution in [0.15, 0.2) is 238 Å². The van der Waals surface area contributed by atoms with Gasteiger partial charge in [0.15, 0.2) is 69.9 Å². The van der Waals surface area contributed by atoms with E-state index in [-0.39, 0.29) is 159 Å². The molecule has 148 heavy (non-hydrogen) atoms. The number of hydrogen-bond acceptors (Lipinski definition) is 31. The molecule has 1 unspecified atom stereocenters. The van der Waals surface area contributed by atoms with Crippen molar-refractivity contribution in [2.24, 2.45) is 5.92 Å². The van der Waals surface area contributed by atoms with Crippen LogP contribution in [-0.2, 0) is 106 Å². The number of ether oxygens (including phenoxy) is 10. The number of ketones is 4. The fraction of sp³-hybridized carbons (Fsp3) is 0.426. The van der Waals surface area contributed by atoms with Crippen molar-refractivity contribution < 1.29 is 140 Å². The Labute approximate surface area is 869 Å². The number of hydrogen-bond donors (Lipinski definition) is 8. The molecule has 9 aromatic rings. The standard InChI is InChI=1S/C31H35NO8S.C30H42N2O7S.C24H29NO8S.C23H26ClNO7S/c1-38-25-12-8-23(9-13-25)29(24-10-14-26(39-2)15-11-24)28(33)5-3-4-22-6-16-27(17-7-22)41(36,37)31(30(34)32-35)18-20-40-21-19-31;1-22(2)32(23(3)4)21-24-8-10-25(11-9-24)28(33)7-5-6-18-39-26-12-14-27(15-13-26)40(36,37)30(29(34)31-35)16-19-38-20-17-30;1-17(22(26)18-3-5-19(31-2)6-4-18)11-14-33-20-7-9-21(10-8-20)34(29,30)24(23(27)25-28)12-15-32-16-13-24;24-18-5-3-17(4-6-18)16-19(26)2-1-13-32-20-7-9-21(10-8-20)33(29,30)23(22(27)25-28)11-14-31-15-12-23/h6-17,29,35H,3-5,18-21H2,1-2H3,(H,32,34);8-15,22-23,35H,5-7,16-21H2,1-4H3,(H,31,34);3-10,17,28H,11-16H2,1-2H3,(H,25,27);3-10,28H,1-2,11-16H2,(H,25,27). The van der Waals surface area contributed by atoms with Crippen LogP contribution in [0.25, 0.3) is 0 Å². The Kier molecular flexibility index (Phi) is 44.3. The Morgan fingerprint density at radius 3 is 1.01 bits per heavy atom. The average Bonchev–Trinajstić information content (AvgIpc) is 0.758. The van der Waals surface area contributed by atoms with Crippen LogP contribution in [0.2, 0.25) is 5.02 Å². The summed E-state index contributed by atoms with van der Waals surface area (Å²) in [5, 5.41) is 37.3. The van der Waals surface area contributed by atoms with Gasteiger partial charge < -0.3 is 47.4 Å². The van der Waals surface area contributed by atoms with E-state index < -0.39 is 87.9 Å². The summed E-state index contributed by atoms with van der Waals surface area (Å²) >= 11 is 5.84. The summed E-state index contributed by atoms with van der Waals surface area (Å²) in [7, 11) is -11.6. The summed E-state index contributed by atoms with van der Waals surface area (Å²) < 4.78 is 153. The number of carbonyl (C=O) groups is 8. The lowest BCUT2D eigenvalue weighted by atomic mass is 9.85. The summed E-state index contributed by atoms with van der Waals surface area (Å²) in [6, 6.07) is 61.5. The molecule has 4 saturated heterocycles. The zero-order chi connectivity index (χ0) is 107. The fourth-order valence-corrected chi connectivity index (χ4v) is 25.8. The molecule has 9 aromatic carbocycles. The molecule has 1 atom stereocenters. The van der Waals surface area contributed by atoms with Crippen LogP contribution < -0.4 is 50.3 Å². The Hall–Kier alpha value is -11.9. The zero-order valence-electron chi connectivity index (χ0n) is 84.2. The first-order valence-electron chi connectivity index (χ1n) is 48.8. The van der Waals surface area contributed by atoms with Gasteiger partial charge in [-0.3, -0.25) is 64.1 Å². The molecule has 4 fully saturated rings. The highest BCUT2D eigenvalue weighted by atomic mass is 35.5. The number of nitrogens with one attached hydrogen (secondary N) is 4. The van der Waals surface area contributed by atoms with E-state index >= 15 is 0 Å². The van der Waals surface area contributed by atoms with Gasteiger partial charge in [0.1, 0.15) is 46.1 Å². The van der Waals surface area contributed by atoms with Crippen LogP contribution in [0.3, 0.4) is 0 Å². The molecule has 0 aromatic heterocycles. The predicted molar refractivity (Wildman–Crippen MR) is 549 cm³/mol. The van der Waals surface area contributed by atoms with Crippen LogP contribution in [0, 0.1) is 5.92 Å². The third-order valence-corrected chi connectivity index (χ3v) is 37.2. The van der Waals surface area contributed by atoms with Gasteiger partial charge in [-0.2, -0.15) is 0 Å². The van der Waals surface area contributed by atoms with Gasteiger partial charge in [-0.05, 0) is 291 Å².